The Bertz CT molecular complexity index is 281. The summed E-state index contributed by atoms with van der Waals surface area (Å²) in [5.74, 6) is 0.863. The summed E-state index contributed by atoms with van der Waals surface area (Å²) < 4.78 is 2.14. The molecule has 3 nitrogen and oxygen atoms in total. The fraction of sp³-hybridized carbons (Fsp3) is 0.769. The lowest BCUT2D eigenvalue weighted by molar-refractivity contribution is 0.279. The largest absolute Gasteiger partial charge is 0.337 e. The van der Waals surface area contributed by atoms with Crippen LogP contribution in [-0.4, -0.2) is 22.1 Å². The van der Waals surface area contributed by atoms with E-state index in [9.17, 15) is 0 Å². The molecule has 1 fully saturated rings. The van der Waals surface area contributed by atoms with Crippen molar-refractivity contribution in [3.05, 3.63) is 18.7 Å². The van der Waals surface area contributed by atoms with Crippen molar-refractivity contribution in [3.63, 3.8) is 0 Å². The predicted octanol–water partition coefficient (Wildman–Crippen LogP) is 2.44. The van der Waals surface area contributed by atoms with Crippen LogP contribution in [-0.2, 0) is 6.54 Å². The van der Waals surface area contributed by atoms with Gasteiger partial charge in [0.15, 0.2) is 0 Å². The third-order valence-corrected chi connectivity index (χ3v) is 3.67. The van der Waals surface area contributed by atoms with Crippen molar-refractivity contribution in [3.8, 4) is 0 Å². The second-order valence-corrected chi connectivity index (χ2v) is 4.98. The normalized spacial score (nSPS) is 25.8. The SMILES string of the molecule is CC1CCCCC1NCCCn1ccnc1. The van der Waals surface area contributed by atoms with E-state index in [1.165, 1.54) is 32.1 Å². The molecule has 16 heavy (non-hydrogen) atoms. The van der Waals surface area contributed by atoms with Crippen LogP contribution in [0.2, 0.25) is 0 Å². The Morgan fingerprint density at radius 2 is 2.25 bits per heavy atom. The number of hydrogen-bond acceptors (Lipinski definition) is 2. The Morgan fingerprint density at radius 3 is 3.00 bits per heavy atom. The summed E-state index contributed by atoms with van der Waals surface area (Å²) in [6, 6.07) is 0.761. The van der Waals surface area contributed by atoms with Gasteiger partial charge in [0.1, 0.15) is 0 Å². The summed E-state index contributed by atoms with van der Waals surface area (Å²) in [6.45, 7) is 4.59. The van der Waals surface area contributed by atoms with Crippen LogP contribution in [0.5, 0.6) is 0 Å². The molecule has 0 radical (unpaired) electrons. The monoisotopic (exact) mass is 221 g/mol. The van der Waals surface area contributed by atoms with Gasteiger partial charge in [0.05, 0.1) is 6.33 Å². The van der Waals surface area contributed by atoms with E-state index in [-0.39, 0.29) is 0 Å². The van der Waals surface area contributed by atoms with E-state index in [1.807, 2.05) is 18.7 Å². The van der Waals surface area contributed by atoms with Crippen molar-refractivity contribution in [2.45, 2.75) is 51.6 Å². The number of rotatable bonds is 5. The third-order valence-electron chi connectivity index (χ3n) is 3.67. The summed E-state index contributed by atoms with van der Waals surface area (Å²) in [4.78, 5) is 4.05. The average Bonchev–Trinajstić information content (AvgIpc) is 2.79. The zero-order valence-corrected chi connectivity index (χ0v) is 10.2. The van der Waals surface area contributed by atoms with E-state index >= 15 is 0 Å². The Balaban J connectivity index is 1.60. The molecule has 0 spiro atoms. The lowest BCUT2D eigenvalue weighted by Crippen LogP contribution is -2.37. The number of hydrogen-bond donors (Lipinski definition) is 1. The fourth-order valence-electron chi connectivity index (χ4n) is 2.59. The molecule has 0 bridgehead atoms. The highest BCUT2D eigenvalue weighted by Crippen LogP contribution is 2.23. The first kappa shape index (κ1) is 11.6. The Morgan fingerprint density at radius 1 is 1.38 bits per heavy atom. The average molecular weight is 221 g/mol. The molecule has 3 heteroatoms. The summed E-state index contributed by atoms with van der Waals surface area (Å²) in [5, 5.41) is 3.70. The highest BCUT2D eigenvalue weighted by Gasteiger charge is 2.19. The number of imidazole rings is 1. The Kier molecular flexibility index (Phi) is 4.40. The second kappa shape index (κ2) is 6.04. The van der Waals surface area contributed by atoms with Crippen molar-refractivity contribution in [1.29, 1.82) is 0 Å². The molecule has 2 unspecified atom stereocenters. The van der Waals surface area contributed by atoms with Crippen LogP contribution in [0.4, 0.5) is 0 Å². The molecule has 1 heterocycles. The third kappa shape index (κ3) is 3.34. The van der Waals surface area contributed by atoms with Crippen LogP contribution >= 0.6 is 0 Å². The number of nitrogens with one attached hydrogen (secondary N) is 1. The van der Waals surface area contributed by atoms with E-state index in [4.69, 9.17) is 0 Å². The van der Waals surface area contributed by atoms with Gasteiger partial charge < -0.3 is 9.88 Å². The van der Waals surface area contributed by atoms with Gasteiger partial charge in [-0.25, -0.2) is 4.98 Å². The maximum Gasteiger partial charge on any atom is 0.0945 e. The van der Waals surface area contributed by atoms with Gasteiger partial charge >= 0.3 is 0 Å². The van der Waals surface area contributed by atoms with Crippen molar-refractivity contribution >= 4 is 0 Å². The highest BCUT2D eigenvalue weighted by atomic mass is 15.0. The summed E-state index contributed by atoms with van der Waals surface area (Å²) in [5.41, 5.74) is 0. The first-order valence-electron chi connectivity index (χ1n) is 6.55. The van der Waals surface area contributed by atoms with Crippen LogP contribution < -0.4 is 5.32 Å². The molecule has 0 aromatic carbocycles. The minimum absolute atomic E-state index is 0.761. The zero-order valence-electron chi connectivity index (χ0n) is 10.2. The van der Waals surface area contributed by atoms with Crippen LogP contribution in [0, 0.1) is 5.92 Å². The number of aryl methyl sites for hydroxylation is 1. The summed E-state index contributed by atoms with van der Waals surface area (Å²) in [7, 11) is 0. The molecule has 1 N–H and O–H groups in total. The van der Waals surface area contributed by atoms with Crippen molar-refractivity contribution in [2.75, 3.05) is 6.54 Å². The minimum Gasteiger partial charge on any atom is -0.337 e. The standard InChI is InChI=1S/C13H23N3/c1-12-5-2-3-6-13(12)15-7-4-9-16-10-8-14-11-16/h8,10-13,15H,2-7,9H2,1H3. The molecule has 0 saturated heterocycles. The maximum atomic E-state index is 4.05. The van der Waals surface area contributed by atoms with Gasteiger partial charge in [-0.2, -0.15) is 0 Å². The zero-order chi connectivity index (χ0) is 11.2. The molecule has 0 amide bonds. The molecule has 1 aromatic rings. The molecule has 1 aromatic heterocycles. The first-order chi connectivity index (χ1) is 7.86. The van der Waals surface area contributed by atoms with Crippen LogP contribution in [0.15, 0.2) is 18.7 Å². The van der Waals surface area contributed by atoms with Crippen LogP contribution in [0.25, 0.3) is 0 Å². The molecule has 0 aliphatic heterocycles. The van der Waals surface area contributed by atoms with E-state index in [0.717, 1.165) is 25.0 Å². The van der Waals surface area contributed by atoms with E-state index in [1.54, 1.807) is 0 Å². The highest BCUT2D eigenvalue weighted by molar-refractivity contribution is 4.78. The van der Waals surface area contributed by atoms with Gasteiger partial charge in [0.2, 0.25) is 0 Å². The maximum absolute atomic E-state index is 4.05. The topological polar surface area (TPSA) is 29.9 Å². The van der Waals surface area contributed by atoms with Gasteiger partial charge in [-0.1, -0.05) is 19.8 Å². The lowest BCUT2D eigenvalue weighted by atomic mass is 9.86. The summed E-state index contributed by atoms with van der Waals surface area (Å²) >= 11 is 0. The van der Waals surface area contributed by atoms with Crippen molar-refractivity contribution in [2.24, 2.45) is 5.92 Å². The number of aromatic nitrogens is 2. The van der Waals surface area contributed by atoms with Gasteiger partial charge in [-0.3, -0.25) is 0 Å². The molecule has 1 aliphatic rings. The van der Waals surface area contributed by atoms with Crippen molar-refractivity contribution < 1.29 is 0 Å². The van der Waals surface area contributed by atoms with E-state index in [0.29, 0.717) is 0 Å². The Hall–Kier alpha value is -0.830. The Labute approximate surface area is 98.3 Å². The second-order valence-electron chi connectivity index (χ2n) is 4.98. The number of nitrogens with zero attached hydrogens (tertiary/aromatic N) is 2. The van der Waals surface area contributed by atoms with E-state index in [2.05, 4.69) is 21.8 Å². The van der Waals surface area contributed by atoms with Crippen molar-refractivity contribution in [1.82, 2.24) is 14.9 Å². The molecule has 1 saturated carbocycles. The molecule has 1 aliphatic carbocycles. The van der Waals surface area contributed by atoms with Gasteiger partial charge in [-0.05, 0) is 31.7 Å². The predicted molar refractivity (Wildman–Crippen MR) is 66.3 cm³/mol. The quantitative estimate of drug-likeness (QED) is 0.774. The lowest BCUT2D eigenvalue weighted by Gasteiger charge is -2.29. The fourth-order valence-corrected chi connectivity index (χ4v) is 2.59. The van der Waals surface area contributed by atoms with Gasteiger partial charge in [-0.15, -0.1) is 0 Å². The molecule has 90 valence electrons. The smallest absolute Gasteiger partial charge is 0.0945 e. The van der Waals surface area contributed by atoms with Gasteiger partial charge in [0.25, 0.3) is 0 Å². The molecule has 2 rings (SSSR count). The molecular formula is C13H23N3. The van der Waals surface area contributed by atoms with E-state index < -0.39 is 0 Å². The minimum atomic E-state index is 0.761. The molecular weight excluding hydrogens is 198 g/mol. The van der Waals surface area contributed by atoms with Gasteiger partial charge in [0, 0.05) is 25.0 Å². The first-order valence-corrected chi connectivity index (χ1v) is 6.55. The van der Waals surface area contributed by atoms with Crippen LogP contribution in [0.1, 0.15) is 39.0 Å². The van der Waals surface area contributed by atoms with Crippen LogP contribution in [0.3, 0.4) is 0 Å². The molecule has 2 atom stereocenters. The summed E-state index contributed by atoms with van der Waals surface area (Å²) in [6.07, 6.45) is 12.6.